The minimum atomic E-state index is 0.345. The molecule has 23 heavy (non-hydrogen) atoms. The average molecular weight is 336 g/mol. The molecule has 5 nitrogen and oxygen atoms in total. The zero-order valence-electron chi connectivity index (χ0n) is 13.0. The third-order valence-electron chi connectivity index (χ3n) is 3.13. The molecule has 0 saturated carbocycles. The number of ether oxygens (including phenoxy) is 3. The number of rotatable bonds is 7. The van der Waals surface area contributed by atoms with E-state index in [4.69, 9.17) is 31.0 Å². The van der Waals surface area contributed by atoms with Gasteiger partial charge in [-0.2, -0.15) is 0 Å². The molecule has 0 bridgehead atoms. The van der Waals surface area contributed by atoms with Crippen LogP contribution in [0.3, 0.4) is 0 Å². The molecule has 0 aliphatic heterocycles. The molecule has 2 rings (SSSR count). The Morgan fingerprint density at radius 2 is 1.87 bits per heavy atom. The third kappa shape index (κ3) is 4.79. The predicted octanol–water partition coefficient (Wildman–Crippen LogP) is 3.92. The molecule has 0 aliphatic rings. The number of aryl methyl sites for hydroxylation is 1. The van der Waals surface area contributed by atoms with Crippen LogP contribution in [0.2, 0.25) is 5.02 Å². The number of oxime groups is 1. The predicted molar refractivity (Wildman–Crippen MR) is 89.6 cm³/mol. The maximum absolute atomic E-state index is 8.59. The lowest BCUT2D eigenvalue weighted by Crippen LogP contribution is -2.09. The lowest BCUT2D eigenvalue weighted by Gasteiger charge is -2.12. The molecule has 0 heterocycles. The van der Waals surface area contributed by atoms with Crippen LogP contribution in [0.1, 0.15) is 11.1 Å². The van der Waals surface area contributed by atoms with Crippen molar-refractivity contribution in [3.8, 4) is 17.2 Å². The smallest absolute Gasteiger partial charge is 0.161 e. The quantitative estimate of drug-likeness (QED) is 0.360. The highest BCUT2D eigenvalue weighted by atomic mass is 35.5. The standard InChI is InChI=1S/C17H18ClNO4/c1-12-9-14(4-5-15(12)18)22-7-8-23-17-10-13(11-19-20)3-6-16(17)21-2/h3-6,9-11,20H,7-8H2,1-2H3. The number of hydrogen-bond donors (Lipinski definition) is 1. The van der Waals surface area contributed by atoms with Crippen LogP contribution < -0.4 is 14.2 Å². The Morgan fingerprint density at radius 1 is 1.09 bits per heavy atom. The van der Waals surface area contributed by atoms with Crippen LogP contribution in [0.5, 0.6) is 17.2 Å². The summed E-state index contributed by atoms with van der Waals surface area (Å²) in [6.45, 7) is 2.64. The van der Waals surface area contributed by atoms with Gasteiger partial charge in [0.2, 0.25) is 0 Å². The summed E-state index contributed by atoms with van der Waals surface area (Å²) in [6.07, 6.45) is 1.32. The normalized spacial score (nSPS) is 10.7. The van der Waals surface area contributed by atoms with Gasteiger partial charge in [0.1, 0.15) is 19.0 Å². The molecule has 0 amide bonds. The van der Waals surface area contributed by atoms with Gasteiger partial charge in [-0.1, -0.05) is 16.8 Å². The Bertz CT molecular complexity index is 688. The van der Waals surface area contributed by atoms with E-state index in [0.29, 0.717) is 35.3 Å². The van der Waals surface area contributed by atoms with Crippen molar-refractivity contribution in [1.82, 2.24) is 0 Å². The molecular formula is C17H18ClNO4. The van der Waals surface area contributed by atoms with Gasteiger partial charge in [0.15, 0.2) is 11.5 Å². The van der Waals surface area contributed by atoms with E-state index < -0.39 is 0 Å². The van der Waals surface area contributed by atoms with Gasteiger partial charge in [-0.15, -0.1) is 0 Å². The molecule has 2 aromatic rings. The molecule has 0 saturated heterocycles. The number of nitrogens with zero attached hydrogens (tertiary/aromatic N) is 1. The Balaban J connectivity index is 1.92. The minimum Gasteiger partial charge on any atom is -0.493 e. The van der Waals surface area contributed by atoms with E-state index in [1.807, 2.05) is 19.1 Å². The lowest BCUT2D eigenvalue weighted by molar-refractivity contribution is 0.211. The first-order valence-corrected chi connectivity index (χ1v) is 7.39. The fourth-order valence-electron chi connectivity index (χ4n) is 1.97. The van der Waals surface area contributed by atoms with Crippen LogP contribution in [0.4, 0.5) is 0 Å². The molecule has 6 heteroatoms. The van der Waals surface area contributed by atoms with E-state index in [1.54, 1.807) is 31.4 Å². The second-order valence-corrected chi connectivity index (χ2v) is 5.17. The zero-order chi connectivity index (χ0) is 16.7. The molecule has 0 fully saturated rings. The third-order valence-corrected chi connectivity index (χ3v) is 3.56. The van der Waals surface area contributed by atoms with E-state index >= 15 is 0 Å². The second-order valence-electron chi connectivity index (χ2n) is 4.76. The van der Waals surface area contributed by atoms with Gasteiger partial charge in [0.05, 0.1) is 13.3 Å². The minimum absolute atomic E-state index is 0.345. The first-order valence-electron chi connectivity index (χ1n) is 7.01. The summed E-state index contributed by atoms with van der Waals surface area (Å²) in [5.74, 6) is 1.90. The summed E-state index contributed by atoms with van der Waals surface area (Å²) in [7, 11) is 1.56. The Kier molecular flexibility index (Phi) is 6.11. The largest absolute Gasteiger partial charge is 0.493 e. The van der Waals surface area contributed by atoms with E-state index in [1.165, 1.54) is 6.21 Å². The van der Waals surface area contributed by atoms with E-state index in [0.717, 1.165) is 11.3 Å². The van der Waals surface area contributed by atoms with E-state index in [2.05, 4.69) is 5.16 Å². The van der Waals surface area contributed by atoms with Crippen molar-refractivity contribution in [2.24, 2.45) is 5.16 Å². The molecule has 1 N–H and O–H groups in total. The summed E-state index contributed by atoms with van der Waals surface area (Å²) in [5, 5.41) is 12.3. The average Bonchev–Trinajstić information content (AvgIpc) is 2.55. The van der Waals surface area contributed by atoms with Crippen LogP contribution in [0.25, 0.3) is 0 Å². The molecular weight excluding hydrogens is 318 g/mol. The van der Waals surface area contributed by atoms with Crippen molar-refractivity contribution in [1.29, 1.82) is 0 Å². The van der Waals surface area contributed by atoms with Crippen molar-refractivity contribution >= 4 is 17.8 Å². The van der Waals surface area contributed by atoms with Gasteiger partial charge in [-0.05, 0) is 48.9 Å². The summed E-state index contributed by atoms with van der Waals surface area (Å²) >= 11 is 5.97. The van der Waals surface area contributed by atoms with Crippen LogP contribution in [-0.2, 0) is 0 Å². The SMILES string of the molecule is COc1ccc(C=NO)cc1OCCOc1ccc(Cl)c(C)c1. The van der Waals surface area contributed by atoms with E-state index in [-0.39, 0.29) is 0 Å². The molecule has 0 atom stereocenters. The highest BCUT2D eigenvalue weighted by Gasteiger charge is 2.06. The first kappa shape index (κ1) is 17.0. The lowest BCUT2D eigenvalue weighted by atomic mass is 10.2. The molecule has 122 valence electrons. The fraction of sp³-hybridized carbons (Fsp3) is 0.235. The Morgan fingerprint density at radius 3 is 2.57 bits per heavy atom. The number of benzene rings is 2. The van der Waals surface area contributed by atoms with Gasteiger partial charge < -0.3 is 19.4 Å². The Hall–Kier alpha value is -2.40. The zero-order valence-corrected chi connectivity index (χ0v) is 13.7. The molecule has 2 aromatic carbocycles. The van der Waals surface area contributed by atoms with Crippen molar-refractivity contribution in [2.45, 2.75) is 6.92 Å². The number of hydrogen-bond acceptors (Lipinski definition) is 5. The van der Waals surface area contributed by atoms with Gasteiger partial charge in [0, 0.05) is 10.6 Å². The van der Waals surface area contributed by atoms with Gasteiger partial charge >= 0.3 is 0 Å². The molecule has 0 spiro atoms. The number of halogens is 1. The molecule has 0 aliphatic carbocycles. The molecule has 0 unspecified atom stereocenters. The maximum atomic E-state index is 8.59. The monoisotopic (exact) mass is 335 g/mol. The summed E-state index contributed by atoms with van der Waals surface area (Å²) in [4.78, 5) is 0. The molecule has 0 radical (unpaired) electrons. The van der Waals surface area contributed by atoms with Crippen LogP contribution >= 0.6 is 11.6 Å². The van der Waals surface area contributed by atoms with E-state index in [9.17, 15) is 0 Å². The van der Waals surface area contributed by atoms with Crippen LogP contribution in [0.15, 0.2) is 41.6 Å². The Labute approximate surface area is 140 Å². The summed E-state index contributed by atoms with van der Waals surface area (Å²) in [5.41, 5.74) is 1.67. The van der Waals surface area contributed by atoms with Gasteiger partial charge in [-0.25, -0.2) is 0 Å². The van der Waals surface area contributed by atoms with Gasteiger partial charge in [0.25, 0.3) is 0 Å². The summed E-state index contributed by atoms with van der Waals surface area (Å²) in [6, 6.07) is 10.7. The highest BCUT2D eigenvalue weighted by Crippen LogP contribution is 2.27. The van der Waals surface area contributed by atoms with Crippen LogP contribution in [0, 0.1) is 6.92 Å². The fourth-order valence-corrected chi connectivity index (χ4v) is 2.09. The van der Waals surface area contributed by atoms with Crippen molar-refractivity contribution in [3.63, 3.8) is 0 Å². The summed E-state index contributed by atoms with van der Waals surface area (Å²) < 4.78 is 16.5. The first-order chi connectivity index (χ1) is 11.1. The highest BCUT2D eigenvalue weighted by molar-refractivity contribution is 6.31. The topological polar surface area (TPSA) is 60.3 Å². The van der Waals surface area contributed by atoms with Crippen LogP contribution in [-0.4, -0.2) is 31.7 Å². The van der Waals surface area contributed by atoms with Crippen molar-refractivity contribution in [3.05, 3.63) is 52.5 Å². The maximum Gasteiger partial charge on any atom is 0.161 e. The van der Waals surface area contributed by atoms with Gasteiger partial charge in [-0.3, -0.25) is 0 Å². The van der Waals surface area contributed by atoms with Crippen molar-refractivity contribution < 1.29 is 19.4 Å². The number of methoxy groups -OCH3 is 1. The van der Waals surface area contributed by atoms with Crippen molar-refractivity contribution in [2.75, 3.05) is 20.3 Å². The molecule has 0 aromatic heterocycles. The second kappa shape index (κ2) is 8.29.